The van der Waals surface area contributed by atoms with Gasteiger partial charge in [0.25, 0.3) is 0 Å². The van der Waals surface area contributed by atoms with Gasteiger partial charge in [0.05, 0.1) is 24.0 Å². The third kappa shape index (κ3) is 2.35. The van der Waals surface area contributed by atoms with Crippen molar-refractivity contribution in [3.8, 4) is 0 Å². The molecule has 2 unspecified atom stereocenters. The van der Waals surface area contributed by atoms with Crippen molar-refractivity contribution in [1.82, 2.24) is 20.3 Å². The normalized spacial score (nSPS) is 26.0. The molecule has 1 saturated carbocycles. The predicted octanol–water partition coefficient (Wildman–Crippen LogP) is 0.473. The molecule has 1 heterocycles. The van der Waals surface area contributed by atoms with Crippen LogP contribution in [0, 0.1) is 0 Å². The number of rotatable bonds is 4. The van der Waals surface area contributed by atoms with Crippen molar-refractivity contribution in [3.05, 3.63) is 11.9 Å². The fraction of sp³-hybridized carbons (Fsp3) is 0.800. The third-order valence-electron chi connectivity index (χ3n) is 2.90. The lowest BCUT2D eigenvalue weighted by Crippen LogP contribution is -2.18. The molecule has 1 aromatic rings. The summed E-state index contributed by atoms with van der Waals surface area (Å²) >= 11 is 0. The van der Waals surface area contributed by atoms with E-state index in [9.17, 15) is 5.11 Å². The maximum atomic E-state index is 9.72. The van der Waals surface area contributed by atoms with Gasteiger partial charge in [0.2, 0.25) is 0 Å². The summed E-state index contributed by atoms with van der Waals surface area (Å²) in [7, 11) is 0. The van der Waals surface area contributed by atoms with Crippen LogP contribution >= 0.6 is 0 Å². The van der Waals surface area contributed by atoms with Gasteiger partial charge in [-0.15, -0.1) is 5.10 Å². The molecule has 0 amide bonds. The van der Waals surface area contributed by atoms with Gasteiger partial charge in [0.15, 0.2) is 0 Å². The monoisotopic (exact) mass is 210 g/mol. The summed E-state index contributed by atoms with van der Waals surface area (Å²) in [6, 6.07) is 0.132. The van der Waals surface area contributed by atoms with E-state index >= 15 is 0 Å². The molecule has 84 valence electrons. The first-order chi connectivity index (χ1) is 7.31. The first-order valence-electron chi connectivity index (χ1n) is 5.60. The first kappa shape index (κ1) is 10.6. The van der Waals surface area contributed by atoms with E-state index in [0.717, 1.165) is 38.0 Å². The van der Waals surface area contributed by atoms with E-state index in [1.807, 2.05) is 10.9 Å². The maximum Gasteiger partial charge on any atom is 0.0964 e. The second-order valence-corrected chi connectivity index (χ2v) is 4.04. The van der Waals surface area contributed by atoms with Crippen LogP contribution < -0.4 is 5.32 Å². The molecule has 5 heteroatoms. The first-order valence-corrected chi connectivity index (χ1v) is 5.60. The van der Waals surface area contributed by atoms with Crippen LogP contribution in [0.15, 0.2) is 6.20 Å². The van der Waals surface area contributed by atoms with Gasteiger partial charge < -0.3 is 10.4 Å². The Morgan fingerprint density at radius 2 is 2.47 bits per heavy atom. The van der Waals surface area contributed by atoms with Gasteiger partial charge >= 0.3 is 0 Å². The predicted molar refractivity (Wildman–Crippen MR) is 56.3 cm³/mol. The maximum absolute atomic E-state index is 9.72. The summed E-state index contributed by atoms with van der Waals surface area (Å²) in [6.45, 7) is 3.74. The second-order valence-electron chi connectivity index (χ2n) is 4.04. The molecule has 2 rings (SSSR count). The molecular formula is C10H18N4O. The Morgan fingerprint density at radius 3 is 3.13 bits per heavy atom. The van der Waals surface area contributed by atoms with Crippen molar-refractivity contribution < 1.29 is 5.11 Å². The molecule has 0 bridgehead atoms. The molecule has 0 aromatic carbocycles. The van der Waals surface area contributed by atoms with Crippen LogP contribution in [0.4, 0.5) is 0 Å². The fourth-order valence-corrected chi connectivity index (χ4v) is 2.04. The van der Waals surface area contributed by atoms with Crippen LogP contribution in [-0.2, 0) is 6.54 Å². The van der Waals surface area contributed by atoms with E-state index in [4.69, 9.17) is 0 Å². The smallest absolute Gasteiger partial charge is 0.0964 e. The van der Waals surface area contributed by atoms with Gasteiger partial charge in [-0.1, -0.05) is 12.1 Å². The Morgan fingerprint density at radius 1 is 1.60 bits per heavy atom. The SMILES string of the molecule is CCNCc1cn(C2CCCC2O)nn1. The number of aliphatic hydroxyl groups is 1. The molecular weight excluding hydrogens is 192 g/mol. The topological polar surface area (TPSA) is 63.0 Å². The summed E-state index contributed by atoms with van der Waals surface area (Å²) in [4.78, 5) is 0. The Labute approximate surface area is 89.5 Å². The van der Waals surface area contributed by atoms with Gasteiger partial charge in [-0.3, -0.25) is 0 Å². The highest BCUT2D eigenvalue weighted by Gasteiger charge is 2.27. The summed E-state index contributed by atoms with van der Waals surface area (Å²) < 4.78 is 1.81. The minimum atomic E-state index is -0.251. The minimum Gasteiger partial charge on any atom is -0.391 e. The van der Waals surface area contributed by atoms with Gasteiger partial charge in [0, 0.05) is 6.54 Å². The van der Waals surface area contributed by atoms with Crippen LogP contribution in [0.25, 0.3) is 0 Å². The summed E-state index contributed by atoms with van der Waals surface area (Å²) in [5, 5.41) is 21.1. The molecule has 1 aliphatic rings. The highest BCUT2D eigenvalue weighted by atomic mass is 16.3. The zero-order chi connectivity index (χ0) is 10.7. The van der Waals surface area contributed by atoms with Gasteiger partial charge in [-0.05, 0) is 25.8 Å². The highest BCUT2D eigenvalue weighted by molar-refractivity contribution is 4.94. The number of nitrogens with zero attached hydrogens (tertiary/aromatic N) is 3. The van der Waals surface area contributed by atoms with Crippen molar-refractivity contribution >= 4 is 0 Å². The molecule has 15 heavy (non-hydrogen) atoms. The average molecular weight is 210 g/mol. The van der Waals surface area contributed by atoms with Crippen LogP contribution in [0.3, 0.4) is 0 Å². The van der Waals surface area contributed by atoms with Crippen molar-refractivity contribution in [3.63, 3.8) is 0 Å². The molecule has 2 atom stereocenters. The minimum absolute atomic E-state index is 0.132. The van der Waals surface area contributed by atoms with E-state index in [2.05, 4.69) is 22.6 Å². The zero-order valence-electron chi connectivity index (χ0n) is 9.06. The lowest BCUT2D eigenvalue weighted by molar-refractivity contribution is 0.129. The van der Waals surface area contributed by atoms with E-state index in [-0.39, 0.29) is 12.1 Å². The lowest BCUT2D eigenvalue weighted by atomic mass is 10.2. The highest BCUT2D eigenvalue weighted by Crippen LogP contribution is 2.29. The molecule has 1 aliphatic carbocycles. The molecule has 0 aliphatic heterocycles. The standard InChI is InChI=1S/C10H18N4O/c1-2-11-6-8-7-14(13-12-8)9-4-3-5-10(9)15/h7,9-11,15H,2-6H2,1H3. The number of hydrogen-bond donors (Lipinski definition) is 2. The number of hydrogen-bond acceptors (Lipinski definition) is 4. The molecule has 1 aromatic heterocycles. The van der Waals surface area contributed by atoms with E-state index in [0.29, 0.717) is 0 Å². The van der Waals surface area contributed by atoms with Crippen LogP contribution in [-0.4, -0.2) is 32.7 Å². The molecule has 0 saturated heterocycles. The Kier molecular flexibility index (Phi) is 3.33. The molecule has 0 spiro atoms. The van der Waals surface area contributed by atoms with Crippen LogP contribution in [0.1, 0.15) is 37.9 Å². The number of aliphatic hydroxyl groups excluding tert-OH is 1. The van der Waals surface area contributed by atoms with Crippen molar-refractivity contribution in [2.24, 2.45) is 0 Å². The lowest BCUT2D eigenvalue weighted by Gasteiger charge is -2.13. The fourth-order valence-electron chi connectivity index (χ4n) is 2.04. The van der Waals surface area contributed by atoms with Gasteiger partial charge in [0.1, 0.15) is 0 Å². The van der Waals surface area contributed by atoms with Crippen molar-refractivity contribution in [1.29, 1.82) is 0 Å². The van der Waals surface area contributed by atoms with E-state index < -0.39 is 0 Å². The molecule has 0 radical (unpaired) electrons. The largest absolute Gasteiger partial charge is 0.391 e. The quantitative estimate of drug-likeness (QED) is 0.758. The van der Waals surface area contributed by atoms with E-state index in [1.54, 1.807) is 0 Å². The van der Waals surface area contributed by atoms with Crippen LogP contribution in [0.2, 0.25) is 0 Å². The summed E-state index contributed by atoms with van der Waals surface area (Å²) in [5.74, 6) is 0. The van der Waals surface area contributed by atoms with Gasteiger partial charge in [-0.2, -0.15) is 0 Å². The van der Waals surface area contributed by atoms with Crippen LogP contribution in [0.5, 0.6) is 0 Å². The zero-order valence-corrected chi connectivity index (χ0v) is 9.06. The van der Waals surface area contributed by atoms with E-state index in [1.165, 1.54) is 0 Å². The molecule has 5 nitrogen and oxygen atoms in total. The molecule has 2 N–H and O–H groups in total. The Bertz CT molecular complexity index is 312. The Hall–Kier alpha value is -0.940. The van der Waals surface area contributed by atoms with Crippen molar-refractivity contribution in [2.75, 3.05) is 6.54 Å². The molecule has 1 fully saturated rings. The number of aromatic nitrogens is 3. The Balaban J connectivity index is 1.99. The number of nitrogens with one attached hydrogen (secondary N) is 1. The average Bonchev–Trinajstić information content (AvgIpc) is 2.83. The van der Waals surface area contributed by atoms with Gasteiger partial charge in [-0.25, -0.2) is 4.68 Å². The second kappa shape index (κ2) is 4.72. The summed E-state index contributed by atoms with van der Waals surface area (Å²) in [6.07, 6.45) is 4.65. The summed E-state index contributed by atoms with van der Waals surface area (Å²) in [5.41, 5.74) is 0.941. The third-order valence-corrected chi connectivity index (χ3v) is 2.90. The van der Waals surface area contributed by atoms with Crippen molar-refractivity contribution in [2.45, 2.75) is 44.9 Å².